The summed E-state index contributed by atoms with van der Waals surface area (Å²) in [7, 11) is 0. The molecule has 0 radical (unpaired) electrons. The summed E-state index contributed by atoms with van der Waals surface area (Å²) >= 11 is 3.21. The first-order valence-corrected chi connectivity index (χ1v) is 4.77. The van der Waals surface area contributed by atoms with Crippen LogP contribution in [0.25, 0.3) is 0 Å². The number of phenols is 1. The number of alkyl halides is 1. The van der Waals surface area contributed by atoms with Crippen LogP contribution in [0.15, 0.2) is 22.7 Å². The van der Waals surface area contributed by atoms with Gasteiger partial charge in [0.15, 0.2) is 0 Å². The number of hydrogen-bond acceptors (Lipinski definition) is 2. The van der Waals surface area contributed by atoms with Gasteiger partial charge in [-0.05, 0) is 31.2 Å². The first-order valence-electron chi connectivity index (χ1n) is 3.97. The van der Waals surface area contributed by atoms with E-state index in [1.807, 2.05) is 0 Å². The van der Waals surface area contributed by atoms with Gasteiger partial charge in [0.1, 0.15) is 11.9 Å². The third-order valence-electron chi connectivity index (χ3n) is 1.75. The van der Waals surface area contributed by atoms with Gasteiger partial charge < -0.3 is 10.8 Å². The number of hydrogen-bond donors (Lipinski definition) is 2. The van der Waals surface area contributed by atoms with Crippen LogP contribution in [-0.4, -0.2) is 11.7 Å². The lowest BCUT2D eigenvalue weighted by Crippen LogP contribution is -2.03. The summed E-state index contributed by atoms with van der Waals surface area (Å²) in [5.74, 6) is -0.0239. The van der Waals surface area contributed by atoms with Gasteiger partial charge in [-0.3, -0.25) is 0 Å². The molecule has 0 aliphatic rings. The summed E-state index contributed by atoms with van der Waals surface area (Å²) in [4.78, 5) is 0. The Labute approximate surface area is 84.7 Å². The number of rotatable bonds is 3. The Balaban J connectivity index is 2.91. The van der Waals surface area contributed by atoms with Crippen molar-refractivity contribution in [1.29, 1.82) is 0 Å². The fourth-order valence-electron chi connectivity index (χ4n) is 1.08. The van der Waals surface area contributed by atoms with Gasteiger partial charge >= 0.3 is 0 Å². The lowest BCUT2D eigenvalue weighted by molar-refractivity contribution is 0.315. The minimum absolute atomic E-state index is 0.0239. The molecule has 0 saturated heterocycles. The number of halogens is 2. The monoisotopic (exact) mass is 247 g/mol. The van der Waals surface area contributed by atoms with Crippen molar-refractivity contribution in [2.24, 2.45) is 5.73 Å². The third-order valence-corrected chi connectivity index (χ3v) is 2.24. The molecule has 1 unspecified atom stereocenters. The second-order valence-corrected chi connectivity index (χ2v) is 3.66. The average molecular weight is 248 g/mol. The minimum Gasteiger partial charge on any atom is -0.508 e. The predicted octanol–water partition coefficient (Wildman–Crippen LogP) is 2.51. The van der Waals surface area contributed by atoms with Gasteiger partial charge in [0.05, 0.1) is 0 Å². The molecular weight excluding hydrogens is 237 g/mol. The smallest absolute Gasteiger partial charge is 0.130 e. The second-order valence-electron chi connectivity index (χ2n) is 2.75. The van der Waals surface area contributed by atoms with E-state index in [0.29, 0.717) is 5.56 Å². The molecule has 0 bridgehead atoms. The van der Waals surface area contributed by atoms with Crippen molar-refractivity contribution in [2.45, 2.75) is 12.6 Å². The Bertz CT molecular complexity index is 293. The van der Waals surface area contributed by atoms with Crippen molar-refractivity contribution in [3.63, 3.8) is 0 Å². The molecule has 2 nitrogen and oxygen atoms in total. The van der Waals surface area contributed by atoms with Gasteiger partial charge in [-0.1, -0.05) is 15.9 Å². The summed E-state index contributed by atoms with van der Waals surface area (Å²) in [5, 5.41) is 9.33. The Kier molecular flexibility index (Phi) is 3.69. The Morgan fingerprint density at radius 2 is 2.23 bits per heavy atom. The zero-order valence-electron chi connectivity index (χ0n) is 7.00. The molecular formula is C9H11BrFNO. The van der Waals surface area contributed by atoms with E-state index in [9.17, 15) is 9.50 Å². The Morgan fingerprint density at radius 1 is 1.54 bits per heavy atom. The minimum atomic E-state index is -1.19. The largest absolute Gasteiger partial charge is 0.508 e. The van der Waals surface area contributed by atoms with Gasteiger partial charge in [0, 0.05) is 10.0 Å². The Morgan fingerprint density at radius 3 is 2.85 bits per heavy atom. The fourth-order valence-corrected chi connectivity index (χ4v) is 1.46. The zero-order valence-corrected chi connectivity index (χ0v) is 8.59. The normalized spacial score (nSPS) is 12.8. The van der Waals surface area contributed by atoms with Crippen LogP contribution in [0, 0.1) is 0 Å². The summed E-state index contributed by atoms with van der Waals surface area (Å²) in [6.07, 6.45) is -0.966. The molecule has 0 aliphatic heterocycles. The molecule has 0 aliphatic carbocycles. The van der Waals surface area contributed by atoms with Crippen LogP contribution < -0.4 is 5.73 Å². The van der Waals surface area contributed by atoms with Crippen molar-refractivity contribution in [3.05, 3.63) is 28.2 Å². The topological polar surface area (TPSA) is 46.2 Å². The van der Waals surface area contributed by atoms with Crippen LogP contribution in [0.4, 0.5) is 4.39 Å². The molecule has 3 N–H and O–H groups in total. The van der Waals surface area contributed by atoms with E-state index in [-0.39, 0.29) is 18.7 Å². The molecule has 1 atom stereocenters. The Hall–Kier alpha value is -0.610. The summed E-state index contributed by atoms with van der Waals surface area (Å²) < 4.78 is 14.1. The molecule has 1 aromatic rings. The lowest BCUT2D eigenvalue weighted by Gasteiger charge is -2.09. The van der Waals surface area contributed by atoms with Gasteiger partial charge in [0.2, 0.25) is 0 Å². The highest BCUT2D eigenvalue weighted by Crippen LogP contribution is 2.31. The molecule has 0 heterocycles. The second kappa shape index (κ2) is 4.58. The van der Waals surface area contributed by atoms with E-state index in [1.165, 1.54) is 6.07 Å². The van der Waals surface area contributed by atoms with Crippen molar-refractivity contribution >= 4 is 15.9 Å². The van der Waals surface area contributed by atoms with Crippen molar-refractivity contribution in [3.8, 4) is 5.75 Å². The summed E-state index contributed by atoms with van der Waals surface area (Å²) in [5.41, 5.74) is 5.51. The van der Waals surface area contributed by atoms with E-state index in [0.717, 1.165) is 4.47 Å². The van der Waals surface area contributed by atoms with Crippen LogP contribution in [0.1, 0.15) is 18.2 Å². The van der Waals surface area contributed by atoms with Crippen LogP contribution in [0.5, 0.6) is 5.75 Å². The van der Waals surface area contributed by atoms with Crippen LogP contribution >= 0.6 is 15.9 Å². The number of benzene rings is 1. The highest BCUT2D eigenvalue weighted by atomic mass is 79.9. The van der Waals surface area contributed by atoms with Crippen LogP contribution in [0.3, 0.4) is 0 Å². The molecule has 1 aromatic carbocycles. The summed E-state index contributed by atoms with van der Waals surface area (Å²) in [6.45, 7) is 0.271. The maximum absolute atomic E-state index is 13.3. The van der Waals surface area contributed by atoms with E-state index < -0.39 is 6.17 Å². The van der Waals surface area contributed by atoms with Crippen molar-refractivity contribution in [2.75, 3.05) is 6.54 Å². The standard InChI is InChI=1S/C9H11BrFNO/c10-6-1-2-9(13)7(5-6)8(11)3-4-12/h1-2,5,8,13H,3-4,12H2. The zero-order chi connectivity index (χ0) is 9.84. The van der Waals surface area contributed by atoms with Crippen LogP contribution in [0.2, 0.25) is 0 Å². The van der Waals surface area contributed by atoms with E-state index in [4.69, 9.17) is 5.73 Å². The molecule has 0 aromatic heterocycles. The third kappa shape index (κ3) is 2.67. The molecule has 0 amide bonds. The lowest BCUT2D eigenvalue weighted by atomic mass is 10.1. The fraction of sp³-hybridized carbons (Fsp3) is 0.333. The first kappa shape index (κ1) is 10.5. The quantitative estimate of drug-likeness (QED) is 0.863. The van der Waals surface area contributed by atoms with Crippen LogP contribution in [-0.2, 0) is 0 Å². The number of nitrogens with two attached hydrogens (primary N) is 1. The molecule has 1 rings (SSSR count). The van der Waals surface area contributed by atoms with Gasteiger partial charge in [0.25, 0.3) is 0 Å². The van der Waals surface area contributed by atoms with Gasteiger partial charge in [-0.25, -0.2) is 4.39 Å². The van der Waals surface area contributed by atoms with E-state index in [2.05, 4.69) is 15.9 Å². The van der Waals surface area contributed by atoms with Gasteiger partial charge in [-0.2, -0.15) is 0 Å². The molecule has 0 spiro atoms. The molecule has 0 fully saturated rings. The highest BCUT2D eigenvalue weighted by molar-refractivity contribution is 9.10. The maximum atomic E-state index is 13.3. The predicted molar refractivity (Wildman–Crippen MR) is 53.3 cm³/mol. The maximum Gasteiger partial charge on any atom is 0.130 e. The van der Waals surface area contributed by atoms with E-state index >= 15 is 0 Å². The molecule has 4 heteroatoms. The highest BCUT2D eigenvalue weighted by Gasteiger charge is 2.13. The van der Waals surface area contributed by atoms with Crippen molar-refractivity contribution in [1.82, 2.24) is 0 Å². The SMILES string of the molecule is NCCC(F)c1cc(Br)ccc1O. The molecule has 13 heavy (non-hydrogen) atoms. The number of phenolic OH excluding ortho intramolecular Hbond substituents is 1. The summed E-state index contributed by atoms with van der Waals surface area (Å²) in [6, 6.07) is 4.69. The van der Waals surface area contributed by atoms with Gasteiger partial charge in [-0.15, -0.1) is 0 Å². The van der Waals surface area contributed by atoms with E-state index in [1.54, 1.807) is 12.1 Å². The molecule has 0 saturated carbocycles. The molecule has 72 valence electrons. The average Bonchev–Trinajstić information content (AvgIpc) is 2.09. The number of aromatic hydroxyl groups is 1. The van der Waals surface area contributed by atoms with Crippen molar-refractivity contribution < 1.29 is 9.50 Å². The first-order chi connectivity index (χ1) is 6.15.